The van der Waals surface area contributed by atoms with Crippen LogP contribution in [0.5, 0.6) is 0 Å². The number of hydrogen-bond acceptors (Lipinski definition) is 6. The summed E-state index contributed by atoms with van der Waals surface area (Å²) >= 11 is 0. The molecule has 10 heteroatoms. The topological polar surface area (TPSA) is 87.5 Å². The molecule has 5 rings (SSSR count). The summed E-state index contributed by atoms with van der Waals surface area (Å²) in [6.45, 7) is 4.64. The van der Waals surface area contributed by atoms with E-state index in [4.69, 9.17) is 0 Å². The van der Waals surface area contributed by atoms with Gasteiger partial charge < -0.3 is 14.7 Å². The SMILES string of the molecule is Cc1ccn(-c2cc(N3CCN(C(=O)C4CC(=O)N(c5ccc(F)cc5)C4)CC3)ncn2)n1. The normalized spacial score (nSPS) is 18.8. The molecule has 9 nitrogen and oxygen atoms in total. The summed E-state index contributed by atoms with van der Waals surface area (Å²) in [5.74, 6) is 0.619. The second kappa shape index (κ2) is 8.61. The molecule has 1 atom stereocenters. The fraction of sp³-hybridized carbons (Fsp3) is 0.348. The lowest BCUT2D eigenvalue weighted by Gasteiger charge is -2.36. The van der Waals surface area contributed by atoms with Gasteiger partial charge in [-0.05, 0) is 37.3 Å². The number of nitrogens with zero attached hydrogens (tertiary/aromatic N) is 7. The van der Waals surface area contributed by atoms with E-state index >= 15 is 0 Å². The van der Waals surface area contributed by atoms with E-state index in [9.17, 15) is 14.0 Å². The summed E-state index contributed by atoms with van der Waals surface area (Å²) in [5, 5.41) is 4.39. The zero-order chi connectivity index (χ0) is 22.9. The summed E-state index contributed by atoms with van der Waals surface area (Å²) in [4.78, 5) is 39.8. The first-order valence-corrected chi connectivity index (χ1v) is 10.9. The van der Waals surface area contributed by atoms with Crippen molar-refractivity contribution in [1.29, 1.82) is 0 Å². The van der Waals surface area contributed by atoms with Gasteiger partial charge in [0.1, 0.15) is 18.0 Å². The van der Waals surface area contributed by atoms with Crippen LogP contribution >= 0.6 is 0 Å². The molecule has 1 aromatic carbocycles. The van der Waals surface area contributed by atoms with E-state index in [0.717, 1.165) is 11.5 Å². The van der Waals surface area contributed by atoms with Crippen molar-refractivity contribution in [1.82, 2.24) is 24.6 Å². The monoisotopic (exact) mass is 449 g/mol. The van der Waals surface area contributed by atoms with Gasteiger partial charge >= 0.3 is 0 Å². The van der Waals surface area contributed by atoms with Gasteiger partial charge in [0.15, 0.2) is 5.82 Å². The van der Waals surface area contributed by atoms with Crippen molar-refractivity contribution in [2.45, 2.75) is 13.3 Å². The number of hydrogen-bond donors (Lipinski definition) is 0. The number of aromatic nitrogens is 4. The number of amides is 2. The number of carbonyl (C=O) groups excluding carboxylic acids is 2. The molecule has 2 amide bonds. The first-order chi connectivity index (χ1) is 16.0. The van der Waals surface area contributed by atoms with E-state index in [1.807, 2.05) is 30.2 Å². The molecular formula is C23H24FN7O2. The van der Waals surface area contributed by atoms with Crippen molar-refractivity contribution in [3.05, 3.63) is 60.4 Å². The smallest absolute Gasteiger partial charge is 0.228 e. The van der Waals surface area contributed by atoms with Crippen molar-refractivity contribution in [2.24, 2.45) is 5.92 Å². The molecular weight excluding hydrogens is 425 g/mol. The van der Waals surface area contributed by atoms with Gasteiger partial charge in [-0.1, -0.05) is 0 Å². The Morgan fingerprint density at radius 1 is 1.03 bits per heavy atom. The van der Waals surface area contributed by atoms with Gasteiger partial charge in [0.05, 0.1) is 11.6 Å². The first kappa shape index (κ1) is 21.0. The Morgan fingerprint density at radius 3 is 2.45 bits per heavy atom. The average Bonchev–Trinajstić information content (AvgIpc) is 3.45. The van der Waals surface area contributed by atoms with Crippen LogP contribution in [0.1, 0.15) is 12.1 Å². The number of anilines is 2. The number of benzene rings is 1. The number of aryl methyl sites for hydroxylation is 1. The fourth-order valence-electron chi connectivity index (χ4n) is 4.34. The fourth-order valence-corrected chi connectivity index (χ4v) is 4.34. The lowest BCUT2D eigenvalue weighted by molar-refractivity contribution is -0.136. The van der Waals surface area contributed by atoms with Crippen LogP contribution in [0.15, 0.2) is 48.9 Å². The highest BCUT2D eigenvalue weighted by Gasteiger charge is 2.38. The van der Waals surface area contributed by atoms with Gasteiger partial charge in [0.25, 0.3) is 0 Å². The van der Waals surface area contributed by atoms with Gasteiger partial charge in [0, 0.05) is 57.1 Å². The molecule has 0 bridgehead atoms. The minimum absolute atomic E-state index is 0.0111. The molecule has 2 fully saturated rings. The van der Waals surface area contributed by atoms with Gasteiger partial charge in [-0.2, -0.15) is 5.10 Å². The molecule has 0 N–H and O–H groups in total. The lowest BCUT2D eigenvalue weighted by Crippen LogP contribution is -2.51. The van der Waals surface area contributed by atoms with Crippen molar-refractivity contribution in [2.75, 3.05) is 42.5 Å². The summed E-state index contributed by atoms with van der Waals surface area (Å²) in [7, 11) is 0. The van der Waals surface area contributed by atoms with Crippen molar-refractivity contribution >= 4 is 23.3 Å². The third kappa shape index (κ3) is 4.28. The van der Waals surface area contributed by atoms with Crippen LogP contribution in [0.4, 0.5) is 15.9 Å². The molecule has 2 aliphatic rings. The quantitative estimate of drug-likeness (QED) is 0.604. The number of piperazine rings is 1. The first-order valence-electron chi connectivity index (χ1n) is 10.9. The molecule has 0 aliphatic carbocycles. The molecule has 0 spiro atoms. The molecule has 170 valence electrons. The molecule has 33 heavy (non-hydrogen) atoms. The van der Waals surface area contributed by atoms with E-state index in [-0.39, 0.29) is 30.0 Å². The Hall–Kier alpha value is -3.82. The van der Waals surface area contributed by atoms with E-state index in [0.29, 0.717) is 44.2 Å². The summed E-state index contributed by atoms with van der Waals surface area (Å²) in [5.41, 5.74) is 1.53. The Balaban J connectivity index is 1.20. The van der Waals surface area contributed by atoms with Crippen LogP contribution in [0.25, 0.3) is 5.82 Å². The van der Waals surface area contributed by atoms with Crippen LogP contribution in [-0.2, 0) is 9.59 Å². The molecule has 2 saturated heterocycles. The minimum atomic E-state index is -0.386. The lowest BCUT2D eigenvalue weighted by atomic mass is 10.1. The van der Waals surface area contributed by atoms with E-state index in [1.165, 1.54) is 18.5 Å². The maximum absolute atomic E-state index is 13.2. The van der Waals surface area contributed by atoms with Gasteiger partial charge in [-0.25, -0.2) is 19.0 Å². The molecule has 0 radical (unpaired) electrons. The van der Waals surface area contributed by atoms with Crippen LogP contribution in [0.2, 0.25) is 0 Å². The summed E-state index contributed by atoms with van der Waals surface area (Å²) in [6.07, 6.45) is 3.55. The van der Waals surface area contributed by atoms with Crippen LogP contribution < -0.4 is 9.80 Å². The van der Waals surface area contributed by atoms with Crippen LogP contribution in [0, 0.1) is 18.7 Å². The Labute approximate surface area is 190 Å². The third-order valence-electron chi connectivity index (χ3n) is 6.12. The number of halogens is 1. The van der Waals surface area contributed by atoms with Gasteiger partial charge in [-0.3, -0.25) is 9.59 Å². The standard InChI is InChI=1S/C23H24FN7O2/c1-16-6-7-31(27-16)21-13-20(25-15-26-21)28-8-10-29(11-9-28)23(33)17-12-22(32)30(14-17)19-4-2-18(24)3-5-19/h2-7,13,15,17H,8-12,14H2,1H3. The predicted molar refractivity (Wildman–Crippen MR) is 120 cm³/mol. The Kier molecular flexibility index (Phi) is 5.49. The van der Waals surface area contributed by atoms with E-state index in [1.54, 1.807) is 21.7 Å². The van der Waals surface area contributed by atoms with Gasteiger partial charge in [0.2, 0.25) is 11.8 Å². The van der Waals surface area contributed by atoms with Crippen molar-refractivity contribution < 1.29 is 14.0 Å². The molecule has 2 aromatic heterocycles. The average molecular weight is 449 g/mol. The van der Waals surface area contributed by atoms with Crippen LogP contribution in [-0.4, -0.2) is 69.2 Å². The summed E-state index contributed by atoms with van der Waals surface area (Å²) in [6, 6.07) is 9.59. The summed E-state index contributed by atoms with van der Waals surface area (Å²) < 4.78 is 14.9. The Morgan fingerprint density at radius 2 is 1.76 bits per heavy atom. The van der Waals surface area contributed by atoms with E-state index in [2.05, 4.69) is 20.0 Å². The molecule has 2 aliphatic heterocycles. The minimum Gasteiger partial charge on any atom is -0.353 e. The van der Waals surface area contributed by atoms with Gasteiger partial charge in [-0.15, -0.1) is 0 Å². The number of rotatable bonds is 4. The molecule has 3 aromatic rings. The Bertz CT molecular complexity index is 1170. The zero-order valence-corrected chi connectivity index (χ0v) is 18.3. The molecule has 4 heterocycles. The third-order valence-corrected chi connectivity index (χ3v) is 6.12. The largest absolute Gasteiger partial charge is 0.353 e. The maximum Gasteiger partial charge on any atom is 0.228 e. The second-order valence-electron chi connectivity index (χ2n) is 8.33. The second-order valence-corrected chi connectivity index (χ2v) is 8.33. The van der Waals surface area contributed by atoms with Crippen molar-refractivity contribution in [3.8, 4) is 5.82 Å². The number of carbonyl (C=O) groups is 2. The predicted octanol–water partition coefficient (Wildman–Crippen LogP) is 1.81. The maximum atomic E-state index is 13.2. The van der Waals surface area contributed by atoms with Crippen LogP contribution in [0.3, 0.4) is 0 Å². The highest BCUT2D eigenvalue weighted by atomic mass is 19.1. The highest BCUT2D eigenvalue weighted by molar-refractivity contribution is 6.00. The zero-order valence-electron chi connectivity index (χ0n) is 18.3. The molecule has 1 unspecified atom stereocenters. The highest BCUT2D eigenvalue weighted by Crippen LogP contribution is 2.27. The van der Waals surface area contributed by atoms with E-state index < -0.39 is 0 Å². The molecule has 0 saturated carbocycles. The van der Waals surface area contributed by atoms with Crippen molar-refractivity contribution in [3.63, 3.8) is 0 Å².